The molecule has 1 heterocycles. The molecule has 2 atom stereocenters. The number of azo groups is 3. The molecule has 6 rings (SSSR count). The van der Waals surface area contributed by atoms with Gasteiger partial charge in [0.15, 0.2) is 11.8 Å². The fraction of sp³-hybridized carbons (Fsp3) is 0.211. The minimum absolute atomic E-state index is 0.00460. The quantitative estimate of drug-likeness (QED) is 0.0397. The first-order valence-corrected chi connectivity index (χ1v) is 22.3. The van der Waals surface area contributed by atoms with Gasteiger partial charge < -0.3 is 38.8 Å². The zero-order valence-corrected chi connectivity index (χ0v) is 36.3. The molecule has 342 valence electrons. The summed E-state index contributed by atoms with van der Waals surface area (Å²) in [5.41, 5.74) is -0.427. The number of hydrogen-bond acceptors (Lipinski definition) is 21. The minimum Gasteiger partial charge on any atom is -0.768 e. The predicted molar refractivity (Wildman–Crippen MR) is 227 cm³/mol. The van der Waals surface area contributed by atoms with Crippen LogP contribution in [0.4, 0.5) is 34.1 Å². The summed E-state index contributed by atoms with van der Waals surface area (Å²) in [6.45, 7) is 0.0198. The number of carbonyl (C=O) groups is 1. The van der Waals surface area contributed by atoms with Crippen molar-refractivity contribution in [2.24, 2.45) is 35.8 Å². The summed E-state index contributed by atoms with van der Waals surface area (Å²) in [6, 6.07) is 13.4. The van der Waals surface area contributed by atoms with E-state index in [1.807, 2.05) is 0 Å². The molecule has 1 aliphatic heterocycles. The largest absolute Gasteiger partial charge is 0.768 e. The first-order valence-electron chi connectivity index (χ1n) is 18.4. The van der Waals surface area contributed by atoms with Crippen molar-refractivity contribution in [1.29, 1.82) is 0 Å². The molecule has 0 spiro atoms. The fourth-order valence-corrected chi connectivity index (χ4v) is 7.61. The van der Waals surface area contributed by atoms with Crippen molar-refractivity contribution in [3.8, 4) is 28.7 Å². The van der Waals surface area contributed by atoms with Gasteiger partial charge in [0, 0.05) is 29.7 Å². The molecule has 24 nitrogen and oxygen atoms in total. The van der Waals surface area contributed by atoms with Crippen LogP contribution in [-0.2, 0) is 36.1 Å². The third-order valence-electron chi connectivity index (χ3n) is 8.98. The van der Waals surface area contributed by atoms with Gasteiger partial charge >= 0.3 is 0 Å². The van der Waals surface area contributed by atoms with Crippen molar-refractivity contribution in [2.75, 3.05) is 45.7 Å². The number of aromatic hydroxyl groups is 1. The molecular weight excluding hydrogens is 921 g/mol. The molecule has 1 aliphatic rings. The van der Waals surface area contributed by atoms with E-state index in [2.05, 4.69) is 35.8 Å². The Labute approximate surface area is 371 Å². The van der Waals surface area contributed by atoms with E-state index in [9.17, 15) is 54.8 Å². The number of methoxy groups -OCH3 is 2. The lowest BCUT2D eigenvalue weighted by Gasteiger charge is -2.14. The third-order valence-corrected chi connectivity index (χ3v) is 11.4. The maximum atomic E-state index is 13.2. The highest BCUT2D eigenvalue weighted by Gasteiger charge is 2.35. The van der Waals surface area contributed by atoms with Gasteiger partial charge in [0.1, 0.15) is 63.9 Å². The standard InChI is InChI=1S/C38H36N8O16S3/c1-20-35(38(50)46(45-20)23-5-7-24(8-6-23)64(53,54)55)43-39-22-4-9-25-21(14-22)15-34(65(56,57)58)36(37(25)49)44-42-28-17-30(61-12-10-47)27(16-31(28)62-13-11-48)41-40-26-18-32(60-3)33(63(51)52)19-29(26)59-2/h4-9,14-19,35,47-49H,10-13H2,1-3H3,(H,51,52)(H,53,54,55)(H,56,57,58)/p-1. The lowest BCUT2D eigenvalue weighted by atomic mass is 10.1. The molecule has 0 aromatic heterocycles. The summed E-state index contributed by atoms with van der Waals surface area (Å²) in [7, 11) is -7.09. The van der Waals surface area contributed by atoms with Gasteiger partial charge in [-0.1, -0.05) is 0 Å². The maximum Gasteiger partial charge on any atom is 0.296 e. The van der Waals surface area contributed by atoms with E-state index in [0.717, 1.165) is 23.2 Å². The number of hydrazone groups is 1. The van der Waals surface area contributed by atoms with Crippen LogP contribution in [0.1, 0.15) is 6.92 Å². The van der Waals surface area contributed by atoms with Crippen LogP contribution >= 0.6 is 0 Å². The SMILES string of the molecule is COc1cc(S(=O)[O-])c(OC)cc1N=Nc1cc(OCCO)c(N=Nc2c(S(=O)(=O)O)cc3cc(N=NC4C(=O)N(c5ccc(S(=O)(=O)O)cc5)N=C4C)ccc3c2O)cc1OCCO. The Kier molecular flexibility index (Phi) is 14.6. The summed E-state index contributed by atoms with van der Waals surface area (Å²) >= 11 is -2.69. The molecule has 0 saturated heterocycles. The van der Waals surface area contributed by atoms with Gasteiger partial charge in [-0.3, -0.25) is 18.1 Å². The smallest absolute Gasteiger partial charge is 0.296 e. The summed E-state index contributed by atoms with van der Waals surface area (Å²) in [5, 5.41) is 60.2. The second kappa shape index (κ2) is 19.9. The van der Waals surface area contributed by atoms with E-state index in [4.69, 9.17) is 18.9 Å². The topological polar surface area (TPSA) is 353 Å². The molecule has 0 bridgehead atoms. The summed E-state index contributed by atoms with van der Waals surface area (Å²) in [5.74, 6) is -1.66. The monoisotopic (exact) mass is 955 g/mol. The van der Waals surface area contributed by atoms with Gasteiger partial charge in [-0.15, -0.1) is 20.5 Å². The van der Waals surface area contributed by atoms with Crippen LogP contribution in [0, 0.1) is 0 Å². The van der Waals surface area contributed by atoms with Crippen molar-refractivity contribution in [3.63, 3.8) is 0 Å². The molecule has 1 amide bonds. The van der Waals surface area contributed by atoms with E-state index in [1.54, 1.807) is 0 Å². The first kappa shape index (κ1) is 47.6. The van der Waals surface area contributed by atoms with Gasteiger partial charge in [-0.25, -0.2) is 0 Å². The Hall–Kier alpha value is -6.85. The number of benzene rings is 5. The second-order valence-electron chi connectivity index (χ2n) is 13.2. The van der Waals surface area contributed by atoms with Gasteiger partial charge in [0.2, 0.25) is 0 Å². The molecular formula is C38H35N8O16S3-. The van der Waals surface area contributed by atoms with Gasteiger partial charge in [0.25, 0.3) is 26.1 Å². The van der Waals surface area contributed by atoms with Gasteiger partial charge in [0.05, 0.1) is 54.3 Å². The number of aliphatic hydroxyl groups is 2. The number of carbonyl (C=O) groups excluding carboxylic acids is 1. The van der Waals surface area contributed by atoms with E-state index in [1.165, 1.54) is 75.7 Å². The highest BCUT2D eigenvalue weighted by Crippen LogP contribution is 2.46. The number of ether oxygens (including phenoxy) is 4. The normalized spacial score (nSPS) is 15.1. The van der Waals surface area contributed by atoms with Gasteiger partial charge in [-0.2, -0.15) is 37.2 Å². The maximum absolute atomic E-state index is 13.2. The van der Waals surface area contributed by atoms with Crippen LogP contribution in [0.2, 0.25) is 0 Å². The Morgan fingerprint density at radius 3 is 1.86 bits per heavy atom. The van der Waals surface area contributed by atoms with E-state index in [0.29, 0.717) is 0 Å². The molecule has 65 heavy (non-hydrogen) atoms. The number of nitrogens with zero attached hydrogens (tertiary/aromatic N) is 8. The minimum atomic E-state index is -5.13. The third kappa shape index (κ3) is 10.8. The Morgan fingerprint density at radius 2 is 1.32 bits per heavy atom. The molecule has 27 heteroatoms. The number of aliphatic hydroxyl groups excluding tert-OH is 2. The van der Waals surface area contributed by atoms with Crippen LogP contribution in [-0.4, -0.2) is 108 Å². The zero-order chi connectivity index (χ0) is 47.2. The lowest BCUT2D eigenvalue weighted by Crippen LogP contribution is -2.29. The number of phenols is 1. The number of amides is 1. The number of hydrogen-bond donors (Lipinski definition) is 5. The summed E-state index contributed by atoms with van der Waals surface area (Å²) < 4.78 is 113. The average Bonchev–Trinajstić information content (AvgIpc) is 3.56. The number of anilines is 1. The molecule has 0 aliphatic carbocycles. The molecule has 5 aromatic carbocycles. The van der Waals surface area contributed by atoms with E-state index >= 15 is 0 Å². The first-order chi connectivity index (χ1) is 30.9. The summed E-state index contributed by atoms with van der Waals surface area (Å²) in [6.07, 6.45) is 0. The molecule has 5 aromatic rings. The van der Waals surface area contributed by atoms with Crippen LogP contribution in [0.5, 0.6) is 28.7 Å². The second-order valence-corrected chi connectivity index (χ2v) is 16.9. The van der Waals surface area contributed by atoms with Gasteiger partial charge in [-0.05, 0) is 71.9 Å². The predicted octanol–water partition coefficient (Wildman–Crippen LogP) is 5.74. The fourth-order valence-electron chi connectivity index (χ4n) is 5.96. The highest BCUT2D eigenvalue weighted by molar-refractivity contribution is 7.86. The average molecular weight is 956 g/mol. The van der Waals surface area contributed by atoms with Crippen molar-refractivity contribution >= 4 is 87.8 Å². The number of rotatable bonds is 18. The Balaban J connectivity index is 1.34. The van der Waals surface area contributed by atoms with Crippen LogP contribution in [0.25, 0.3) is 10.8 Å². The highest BCUT2D eigenvalue weighted by atomic mass is 32.2. The molecule has 0 fully saturated rings. The van der Waals surface area contributed by atoms with E-state index in [-0.39, 0.29) is 86.0 Å². The Morgan fingerprint density at radius 1 is 0.754 bits per heavy atom. The van der Waals surface area contributed by atoms with Crippen LogP contribution in [0.3, 0.4) is 0 Å². The van der Waals surface area contributed by atoms with Crippen molar-refractivity contribution in [3.05, 3.63) is 72.8 Å². The number of fused-ring (bicyclic) bond motifs is 1. The lowest BCUT2D eigenvalue weighted by molar-refractivity contribution is -0.117. The zero-order valence-electron chi connectivity index (χ0n) is 33.9. The van der Waals surface area contributed by atoms with E-state index < -0.39 is 77.7 Å². The van der Waals surface area contributed by atoms with Crippen molar-refractivity contribution < 1.29 is 73.8 Å². The van der Waals surface area contributed by atoms with Crippen molar-refractivity contribution in [1.82, 2.24) is 0 Å². The van der Waals surface area contributed by atoms with Crippen molar-refractivity contribution in [2.45, 2.75) is 27.7 Å². The molecule has 2 unspecified atom stereocenters. The van der Waals surface area contributed by atoms with Crippen LogP contribution < -0.4 is 24.0 Å². The molecule has 0 saturated carbocycles. The molecule has 5 N–H and O–H groups in total. The Bertz CT molecular complexity index is 3040. The molecule has 0 radical (unpaired) electrons. The number of phenolic OH excluding ortho intramolecular Hbond substituents is 1. The van der Waals surface area contributed by atoms with Crippen LogP contribution in [0.15, 0.2) is 123 Å². The summed E-state index contributed by atoms with van der Waals surface area (Å²) in [4.78, 5) is 11.7.